The average Bonchev–Trinajstić information content (AvgIpc) is 2.44. The van der Waals surface area contributed by atoms with Gasteiger partial charge in [-0.1, -0.05) is 6.42 Å². The van der Waals surface area contributed by atoms with Crippen LogP contribution < -0.4 is 0 Å². The highest BCUT2D eigenvalue weighted by atomic mass is 16.1. The molecule has 80 valence electrons. The smallest absolute Gasteiger partial charge is 0.136 e. The van der Waals surface area contributed by atoms with Crippen LogP contribution >= 0.6 is 0 Å². The zero-order valence-electron chi connectivity index (χ0n) is 9.17. The molecule has 0 aromatic rings. The Hall–Kier alpha value is -0.370. The number of nitrogens with zero attached hydrogens (tertiary/aromatic N) is 1. The van der Waals surface area contributed by atoms with Gasteiger partial charge in [-0.05, 0) is 45.7 Å². The summed E-state index contributed by atoms with van der Waals surface area (Å²) >= 11 is 0. The molecule has 0 amide bonds. The summed E-state index contributed by atoms with van der Waals surface area (Å²) in [5.74, 6) is 0.921. The quantitative estimate of drug-likeness (QED) is 0.685. The first-order chi connectivity index (χ1) is 6.77. The van der Waals surface area contributed by atoms with Gasteiger partial charge >= 0.3 is 0 Å². The van der Waals surface area contributed by atoms with Gasteiger partial charge in [0.25, 0.3) is 0 Å². The van der Waals surface area contributed by atoms with Crippen molar-refractivity contribution in [1.82, 2.24) is 4.90 Å². The molecule has 0 aromatic carbocycles. The van der Waals surface area contributed by atoms with E-state index in [1.165, 1.54) is 19.3 Å². The molecule has 2 nitrogen and oxygen atoms in total. The van der Waals surface area contributed by atoms with Crippen molar-refractivity contribution in [3.05, 3.63) is 0 Å². The van der Waals surface area contributed by atoms with E-state index in [9.17, 15) is 4.79 Å². The number of hydrogen-bond donors (Lipinski definition) is 0. The van der Waals surface area contributed by atoms with Gasteiger partial charge in [0.2, 0.25) is 0 Å². The lowest BCUT2D eigenvalue weighted by Crippen LogP contribution is -2.38. The Morgan fingerprint density at radius 3 is 2.57 bits per heavy atom. The largest absolute Gasteiger partial charge is 0.303 e. The maximum Gasteiger partial charge on any atom is 0.136 e. The van der Waals surface area contributed by atoms with Crippen molar-refractivity contribution in [3.63, 3.8) is 0 Å². The molecule has 2 fully saturated rings. The van der Waals surface area contributed by atoms with E-state index in [-0.39, 0.29) is 0 Å². The maximum absolute atomic E-state index is 11.4. The summed E-state index contributed by atoms with van der Waals surface area (Å²) in [7, 11) is 2.21. The minimum absolute atomic E-state index is 0.400. The van der Waals surface area contributed by atoms with E-state index in [1.807, 2.05) is 0 Å². The molecule has 0 heterocycles. The van der Waals surface area contributed by atoms with Crippen molar-refractivity contribution in [2.24, 2.45) is 5.92 Å². The predicted octanol–water partition coefficient (Wildman–Crippen LogP) is 2.23. The number of ketones is 1. The molecule has 1 atom stereocenters. The third-order valence-corrected chi connectivity index (χ3v) is 3.96. The lowest BCUT2D eigenvalue weighted by atomic mass is 9.91. The fourth-order valence-electron chi connectivity index (χ4n) is 2.56. The first-order valence-corrected chi connectivity index (χ1v) is 6.00. The maximum atomic E-state index is 11.4. The number of rotatable bonds is 4. The third kappa shape index (κ3) is 2.17. The van der Waals surface area contributed by atoms with Crippen LogP contribution in [0.4, 0.5) is 0 Å². The van der Waals surface area contributed by atoms with Crippen molar-refractivity contribution in [3.8, 4) is 0 Å². The number of Topliss-reactive ketones (excluding diaryl/α,β-unsaturated/α-hetero) is 1. The Morgan fingerprint density at radius 2 is 2.07 bits per heavy atom. The molecule has 2 heteroatoms. The van der Waals surface area contributed by atoms with Crippen LogP contribution in [0.15, 0.2) is 0 Å². The Labute approximate surface area is 86.7 Å². The van der Waals surface area contributed by atoms with E-state index in [4.69, 9.17) is 0 Å². The van der Waals surface area contributed by atoms with Gasteiger partial charge < -0.3 is 4.90 Å². The molecule has 0 aromatic heterocycles. The predicted molar refractivity (Wildman–Crippen MR) is 57.2 cm³/mol. The Kier molecular flexibility index (Phi) is 3.22. The minimum atomic E-state index is 0.400. The van der Waals surface area contributed by atoms with E-state index >= 15 is 0 Å². The first-order valence-electron chi connectivity index (χ1n) is 6.00. The lowest BCUT2D eigenvalue weighted by molar-refractivity contribution is -0.120. The van der Waals surface area contributed by atoms with E-state index in [0.29, 0.717) is 11.7 Å². The van der Waals surface area contributed by atoms with Crippen molar-refractivity contribution < 1.29 is 4.79 Å². The molecule has 1 unspecified atom stereocenters. The second-order valence-corrected chi connectivity index (χ2v) is 4.91. The molecule has 0 aliphatic heterocycles. The van der Waals surface area contributed by atoms with E-state index in [1.54, 1.807) is 0 Å². The highest BCUT2D eigenvalue weighted by Crippen LogP contribution is 2.27. The van der Waals surface area contributed by atoms with Crippen LogP contribution in [0.2, 0.25) is 0 Å². The molecular weight excluding hydrogens is 174 g/mol. The molecular formula is C12H21NO. The van der Waals surface area contributed by atoms with Crippen LogP contribution in [0.25, 0.3) is 0 Å². The van der Waals surface area contributed by atoms with Gasteiger partial charge in [0.15, 0.2) is 0 Å². The Morgan fingerprint density at radius 1 is 1.29 bits per heavy atom. The van der Waals surface area contributed by atoms with Gasteiger partial charge in [-0.15, -0.1) is 0 Å². The molecule has 0 bridgehead atoms. The van der Waals surface area contributed by atoms with Crippen molar-refractivity contribution in [2.75, 3.05) is 13.6 Å². The monoisotopic (exact) mass is 195 g/mol. The first kappa shape index (κ1) is 10.2. The van der Waals surface area contributed by atoms with Crippen LogP contribution in [-0.4, -0.2) is 30.3 Å². The highest BCUT2D eigenvalue weighted by Gasteiger charge is 2.26. The Balaban J connectivity index is 1.68. The summed E-state index contributed by atoms with van der Waals surface area (Å²) in [4.78, 5) is 13.9. The van der Waals surface area contributed by atoms with Gasteiger partial charge in [0.05, 0.1) is 0 Å². The molecule has 2 aliphatic rings. The van der Waals surface area contributed by atoms with Crippen molar-refractivity contribution in [1.29, 1.82) is 0 Å². The molecule has 14 heavy (non-hydrogen) atoms. The van der Waals surface area contributed by atoms with Crippen molar-refractivity contribution >= 4 is 5.78 Å². The summed E-state index contributed by atoms with van der Waals surface area (Å²) in [6.45, 7) is 1.13. The summed E-state index contributed by atoms with van der Waals surface area (Å²) in [6.07, 6.45) is 8.37. The van der Waals surface area contributed by atoms with Crippen LogP contribution in [0.1, 0.15) is 44.9 Å². The van der Waals surface area contributed by atoms with Crippen LogP contribution in [0.3, 0.4) is 0 Å². The van der Waals surface area contributed by atoms with Crippen LogP contribution in [-0.2, 0) is 4.79 Å². The van der Waals surface area contributed by atoms with Gasteiger partial charge in [-0.3, -0.25) is 4.79 Å². The van der Waals surface area contributed by atoms with E-state index in [2.05, 4.69) is 11.9 Å². The average molecular weight is 195 g/mol. The molecule has 0 saturated heterocycles. The van der Waals surface area contributed by atoms with E-state index in [0.717, 1.165) is 38.3 Å². The number of carbonyl (C=O) groups is 1. The number of carbonyl (C=O) groups excluding carboxylic acids is 1. The van der Waals surface area contributed by atoms with Crippen LogP contribution in [0, 0.1) is 5.92 Å². The van der Waals surface area contributed by atoms with Crippen LogP contribution in [0.5, 0.6) is 0 Å². The third-order valence-electron chi connectivity index (χ3n) is 3.96. The zero-order valence-corrected chi connectivity index (χ0v) is 9.17. The molecule has 2 rings (SSSR count). The Bertz CT molecular complexity index is 210. The molecule has 0 spiro atoms. The molecule has 2 saturated carbocycles. The SMILES string of the molecule is CN(CCC1CCCC1=O)C1CCC1. The molecule has 2 aliphatic carbocycles. The topological polar surface area (TPSA) is 20.3 Å². The van der Waals surface area contributed by atoms with Gasteiger partial charge in [0.1, 0.15) is 5.78 Å². The normalized spacial score (nSPS) is 28.4. The zero-order chi connectivity index (χ0) is 9.97. The number of hydrogen-bond acceptors (Lipinski definition) is 2. The van der Waals surface area contributed by atoms with Crippen molar-refractivity contribution in [2.45, 2.75) is 51.0 Å². The summed E-state index contributed by atoms with van der Waals surface area (Å²) in [5, 5.41) is 0. The van der Waals surface area contributed by atoms with Gasteiger partial charge in [-0.2, -0.15) is 0 Å². The molecule has 0 radical (unpaired) electrons. The summed E-state index contributed by atoms with van der Waals surface area (Å²) in [5.41, 5.74) is 0. The summed E-state index contributed by atoms with van der Waals surface area (Å²) in [6, 6.07) is 0.825. The fourth-order valence-corrected chi connectivity index (χ4v) is 2.56. The molecule has 0 N–H and O–H groups in total. The summed E-state index contributed by atoms with van der Waals surface area (Å²) < 4.78 is 0. The van der Waals surface area contributed by atoms with E-state index < -0.39 is 0 Å². The second kappa shape index (κ2) is 4.43. The standard InChI is InChI=1S/C12H21NO/c1-13(11-5-3-6-11)9-8-10-4-2-7-12(10)14/h10-11H,2-9H2,1H3. The highest BCUT2D eigenvalue weighted by molar-refractivity contribution is 5.82. The van der Waals surface area contributed by atoms with Gasteiger partial charge in [0, 0.05) is 18.4 Å². The van der Waals surface area contributed by atoms with Gasteiger partial charge in [-0.25, -0.2) is 0 Å². The second-order valence-electron chi connectivity index (χ2n) is 4.91. The lowest BCUT2D eigenvalue weighted by Gasteiger charge is -2.35. The minimum Gasteiger partial charge on any atom is -0.303 e. The fraction of sp³-hybridized carbons (Fsp3) is 0.917.